The van der Waals surface area contributed by atoms with E-state index >= 15 is 0 Å². The zero-order chi connectivity index (χ0) is 35.6. The van der Waals surface area contributed by atoms with Crippen LogP contribution in [0, 0.1) is 0 Å². The fourth-order valence-corrected chi connectivity index (χ4v) is 9.47. The maximum absolute atomic E-state index is 2.40. The number of hydrogen-bond donors (Lipinski definition) is 0. The van der Waals surface area contributed by atoms with Crippen molar-refractivity contribution in [1.82, 2.24) is 0 Å². The van der Waals surface area contributed by atoms with E-state index in [2.05, 4.69) is 205 Å². The standard InChI is InChI=1S/C52H33NS/c1-2-10-34(11-3-1)35-20-23-42(24-21-35)53(44-26-27-48-50-30-36-12-4-5-13-37(36)32-51(50)54-52(48)33-44)43-25-22-38-28-41(19-18-39(38)29-43)49-31-40-14-6-7-15-45(40)46-16-8-9-17-47(46)49/h1-33H. The molecule has 0 saturated heterocycles. The second-order valence-corrected chi connectivity index (χ2v) is 15.2. The molecule has 0 spiro atoms. The summed E-state index contributed by atoms with van der Waals surface area (Å²) in [5, 5.41) is 12.7. The van der Waals surface area contributed by atoms with Gasteiger partial charge in [-0.3, -0.25) is 0 Å². The van der Waals surface area contributed by atoms with Gasteiger partial charge in [-0.05, 0) is 126 Å². The van der Waals surface area contributed by atoms with E-state index in [4.69, 9.17) is 0 Å². The summed E-state index contributed by atoms with van der Waals surface area (Å²) in [7, 11) is 0. The summed E-state index contributed by atoms with van der Waals surface area (Å²) in [6.07, 6.45) is 0. The Labute approximate surface area is 317 Å². The predicted molar refractivity (Wildman–Crippen MR) is 235 cm³/mol. The van der Waals surface area contributed by atoms with Crippen molar-refractivity contribution in [1.29, 1.82) is 0 Å². The van der Waals surface area contributed by atoms with E-state index in [0.717, 1.165) is 17.1 Å². The van der Waals surface area contributed by atoms with Gasteiger partial charge in [0.1, 0.15) is 0 Å². The lowest BCUT2D eigenvalue weighted by Crippen LogP contribution is -2.09. The molecule has 0 radical (unpaired) electrons. The summed E-state index contributed by atoms with van der Waals surface area (Å²) < 4.78 is 2.61. The lowest BCUT2D eigenvalue weighted by molar-refractivity contribution is 1.30. The highest BCUT2D eigenvalue weighted by atomic mass is 32.1. The maximum atomic E-state index is 2.40. The van der Waals surface area contributed by atoms with Gasteiger partial charge in [-0.1, -0.05) is 140 Å². The summed E-state index contributed by atoms with van der Waals surface area (Å²) in [5.41, 5.74) is 8.32. The van der Waals surface area contributed by atoms with Crippen molar-refractivity contribution in [3.8, 4) is 22.3 Å². The molecule has 11 aromatic rings. The molecule has 0 bridgehead atoms. The normalized spacial score (nSPS) is 11.7. The Balaban J connectivity index is 1.05. The van der Waals surface area contributed by atoms with Gasteiger partial charge in [-0.2, -0.15) is 0 Å². The van der Waals surface area contributed by atoms with Gasteiger partial charge in [0.2, 0.25) is 0 Å². The number of anilines is 3. The van der Waals surface area contributed by atoms with Crippen LogP contribution in [0.25, 0.3) is 85.5 Å². The van der Waals surface area contributed by atoms with Crippen LogP contribution in [-0.2, 0) is 0 Å². The molecule has 0 aliphatic heterocycles. The van der Waals surface area contributed by atoms with Crippen LogP contribution in [0.15, 0.2) is 200 Å². The molecule has 1 nitrogen and oxygen atoms in total. The number of fused-ring (bicyclic) bond motifs is 8. The summed E-state index contributed by atoms with van der Waals surface area (Å²) in [4.78, 5) is 2.40. The molecule has 0 atom stereocenters. The van der Waals surface area contributed by atoms with Crippen molar-refractivity contribution in [2.45, 2.75) is 0 Å². The molecule has 2 heteroatoms. The van der Waals surface area contributed by atoms with Crippen molar-refractivity contribution in [2.75, 3.05) is 4.90 Å². The van der Waals surface area contributed by atoms with Crippen LogP contribution >= 0.6 is 11.3 Å². The molecule has 0 aliphatic rings. The minimum absolute atomic E-state index is 1.12. The summed E-state index contributed by atoms with van der Waals surface area (Å²) >= 11 is 1.87. The number of rotatable bonds is 5. The molecule has 252 valence electrons. The highest BCUT2D eigenvalue weighted by molar-refractivity contribution is 7.25. The van der Waals surface area contributed by atoms with E-state index < -0.39 is 0 Å². The van der Waals surface area contributed by atoms with Crippen LogP contribution in [-0.4, -0.2) is 0 Å². The molecule has 0 fully saturated rings. The molecule has 11 rings (SSSR count). The number of hydrogen-bond acceptors (Lipinski definition) is 2. The molecular formula is C52H33NS. The Morgan fingerprint density at radius 3 is 1.67 bits per heavy atom. The van der Waals surface area contributed by atoms with Crippen molar-refractivity contribution in [3.05, 3.63) is 200 Å². The summed E-state index contributed by atoms with van der Waals surface area (Å²) in [5.74, 6) is 0. The molecular weight excluding hydrogens is 671 g/mol. The minimum Gasteiger partial charge on any atom is -0.310 e. The van der Waals surface area contributed by atoms with E-state index in [1.54, 1.807) is 0 Å². The lowest BCUT2D eigenvalue weighted by Gasteiger charge is -2.26. The van der Waals surface area contributed by atoms with Gasteiger partial charge >= 0.3 is 0 Å². The van der Waals surface area contributed by atoms with Crippen LogP contribution in [0.5, 0.6) is 0 Å². The molecule has 1 heterocycles. The van der Waals surface area contributed by atoms with Gasteiger partial charge < -0.3 is 4.90 Å². The maximum Gasteiger partial charge on any atom is 0.0476 e. The number of thiophene rings is 1. The highest BCUT2D eigenvalue weighted by Crippen LogP contribution is 2.43. The Morgan fingerprint density at radius 1 is 0.278 bits per heavy atom. The SMILES string of the molecule is c1ccc(-c2ccc(N(c3ccc4cc(-c5cc6ccccc6c6ccccc56)ccc4c3)c3ccc4c(c3)sc3cc5ccccc5cc34)cc2)cc1. The zero-order valence-corrected chi connectivity index (χ0v) is 30.2. The van der Waals surface area contributed by atoms with Gasteiger partial charge in [-0.25, -0.2) is 0 Å². The smallest absolute Gasteiger partial charge is 0.0476 e. The largest absolute Gasteiger partial charge is 0.310 e. The van der Waals surface area contributed by atoms with Gasteiger partial charge in [0.05, 0.1) is 0 Å². The minimum atomic E-state index is 1.12. The van der Waals surface area contributed by atoms with E-state index in [-0.39, 0.29) is 0 Å². The quantitative estimate of drug-likeness (QED) is 0.161. The molecule has 1 aromatic heterocycles. The van der Waals surface area contributed by atoms with Gasteiger partial charge in [-0.15, -0.1) is 11.3 Å². The van der Waals surface area contributed by atoms with Crippen molar-refractivity contribution in [2.24, 2.45) is 0 Å². The Bertz CT molecular complexity index is 3210. The first-order valence-electron chi connectivity index (χ1n) is 18.5. The average Bonchev–Trinajstić information content (AvgIpc) is 3.59. The first-order valence-corrected chi connectivity index (χ1v) is 19.3. The molecule has 54 heavy (non-hydrogen) atoms. The molecule has 0 aliphatic carbocycles. The van der Waals surface area contributed by atoms with Gasteiger partial charge in [0, 0.05) is 37.2 Å². The van der Waals surface area contributed by atoms with Crippen molar-refractivity contribution < 1.29 is 0 Å². The van der Waals surface area contributed by atoms with E-state index in [0.29, 0.717) is 0 Å². The summed E-state index contributed by atoms with van der Waals surface area (Å²) in [6, 6.07) is 73.6. The van der Waals surface area contributed by atoms with E-state index in [9.17, 15) is 0 Å². The van der Waals surface area contributed by atoms with Crippen LogP contribution < -0.4 is 4.90 Å². The van der Waals surface area contributed by atoms with Gasteiger partial charge in [0.25, 0.3) is 0 Å². The zero-order valence-electron chi connectivity index (χ0n) is 29.4. The predicted octanol–water partition coefficient (Wildman–Crippen LogP) is 15.5. The molecule has 0 unspecified atom stereocenters. The van der Waals surface area contributed by atoms with Crippen molar-refractivity contribution >= 4 is 91.7 Å². The first kappa shape index (κ1) is 30.8. The van der Waals surface area contributed by atoms with Crippen LogP contribution in [0.3, 0.4) is 0 Å². The second-order valence-electron chi connectivity index (χ2n) is 14.2. The molecule has 0 saturated carbocycles. The topological polar surface area (TPSA) is 3.24 Å². The third-order valence-electron chi connectivity index (χ3n) is 11.0. The van der Waals surface area contributed by atoms with E-state index in [1.807, 2.05) is 11.3 Å². The monoisotopic (exact) mass is 703 g/mol. The third-order valence-corrected chi connectivity index (χ3v) is 12.1. The molecule has 0 amide bonds. The fourth-order valence-electron chi connectivity index (χ4n) is 8.30. The summed E-state index contributed by atoms with van der Waals surface area (Å²) in [6.45, 7) is 0. The van der Waals surface area contributed by atoms with Crippen LogP contribution in [0.4, 0.5) is 17.1 Å². The first-order chi connectivity index (χ1) is 26.7. The number of nitrogens with zero attached hydrogens (tertiary/aromatic N) is 1. The average molecular weight is 704 g/mol. The Kier molecular flexibility index (Phi) is 7.11. The lowest BCUT2D eigenvalue weighted by atomic mass is 9.92. The third kappa shape index (κ3) is 5.15. The van der Waals surface area contributed by atoms with E-state index in [1.165, 1.54) is 85.5 Å². The van der Waals surface area contributed by atoms with Gasteiger partial charge in [0.15, 0.2) is 0 Å². The highest BCUT2D eigenvalue weighted by Gasteiger charge is 2.17. The van der Waals surface area contributed by atoms with Crippen LogP contribution in [0.1, 0.15) is 0 Å². The van der Waals surface area contributed by atoms with Crippen LogP contribution in [0.2, 0.25) is 0 Å². The second kappa shape index (κ2) is 12.4. The Morgan fingerprint density at radius 2 is 0.833 bits per heavy atom. The molecule has 10 aromatic carbocycles. The Hall–Kier alpha value is -6.74. The fraction of sp³-hybridized carbons (Fsp3) is 0. The molecule has 0 N–H and O–H groups in total. The van der Waals surface area contributed by atoms with Crippen molar-refractivity contribution in [3.63, 3.8) is 0 Å². The number of benzene rings is 10.